The first-order valence-electron chi connectivity index (χ1n) is 6.92. The number of rotatable bonds is 4. The molecule has 1 heterocycles. The molecular weight excluding hydrogens is 316 g/mol. The van der Waals surface area contributed by atoms with E-state index in [0.717, 1.165) is 16.8 Å². The number of nitrogens with zero attached hydrogens (tertiary/aromatic N) is 1. The molecule has 0 aromatic heterocycles. The van der Waals surface area contributed by atoms with Crippen molar-refractivity contribution in [2.24, 2.45) is 0 Å². The Labute approximate surface area is 127 Å². The summed E-state index contributed by atoms with van der Waals surface area (Å²) in [4.78, 5) is 10.3. The van der Waals surface area contributed by atoms with E-state index in [1.165, 1.54) is 6.92 Å². The number of benzene rings is 1. The van der Waals surface area contributed by atoms with Crippen molar-refractivity contribution in [2.75, 3.05) is 6.54 Å². The number of aliphatic carboxylic acids is 1. The smallest absolute Gasteiger partial charge is 0.304 e. The lowest BCUT2D eigenvalue weighted by Gasteiger charge is -2.34. The maximum Gasteiger partial charge on any atom is 0.304 e. The first-order chi connectivity index (χ1) is 10.2. The molecule has 1 unspecified atom stereocenters. The number of carboxylic acids is 1. The van der Waals surface area contributed by atoms with E-state index >= 15 is 0 Å². The van der Waals surface area contributed by atoms with Crippen molar-refractivity contribution in [3.63, 3.8) is 0 Å². The highest BCUT2D eigenvalue weighted by Gasteiger charge is 2.36. The number of carboxylic acid groups (broad SMARTS) is 1. The zero-order chi connectivity index (χ0) is 16.5. The maximum absolute atomic E-state index is 13.9. The Morgan fingerprint density at radius 2 is 2.00 bits per heavy atom. The van der Waals surface area contributed by atoms with Gasteiger partial charge in [-0.25, -0.2) is 17.2 Å². The van der Waals surface area contributed by atoms with Crippen LogP contribution >= 0.6 is 0 Å². The maximum atomic E-state index is 13.9. The van der Waals surface area contributed by atoms with Gasteiger partial charge >= 0.3 is 5.97 Å². The van der Waals surface area contributed by atoms with Crippen molar-refractivity contribution >= 4 is 16.0 Å². The van der Waals surface area contributed by atoms with Crippen LogP contribution in [0.2, 0.25) is 0 Å². The second-order valence-corrected chi connectivity index (χ2v) is 7.25. The van der Waals surface area contributed by atoms with Crippen molar-refractivity contribution < 1.29 is 27.1 Å². The van der Waals surface area contributed by atoms with E-state index in [9.17, 15) is 22.0 Å². The molecule has 0 aliphatic carbocycles. The van der Waals surface area contributed by atoms with Gasteiger partial charge in [0.1, 0.15) is 16.5 Å². The van der Waals surface area contributed by atoms with E-state index in [-0.39, 0.29) is 18.5 Å². The Morgan fingerprint density at radius 1 is 1.32 bits per heavy atom. The zero-order valence-electron chi connectivity index (χ0n) is 12.1. The molecule has 0 amide bonds. The lowest BCUT2D eigenvalue weighted by molar-refractivity contribution is -0.138. The van der Waals surface area contributed by atoms with Gasteiger partial charge < -0.3 is 5.11 Å². The van der Waals surface area contributed by atoms with Crippen molar-refractivity contribution in [3.05, 3.63) is 29.3 Å². The minimum absolute atomic E-state index is 0.0202. The molecule has 0 bridgehead atoms. The number of hydrogen-bond donors (Lipinski definition) is 1. The predicted molar refractivity (Wildman–Crippen MR) is 74.9 cm³/mol. The number of carbonyl (C=O) groups is 1. The standard InChI is InChI=1S/C14H17F2NO4S/c1-9-6-13(12(16)8-11(9)15)22(20,21)17-5-3-2-4-10(17)7-14(18)19/h6,8,10H,2-5,7H2,1H3,(H,18,19). The third-order valence-corrected chi connectivity index (χ3v) is 5.75. The third-order valence-electron chi connectivity index (χ3n) is 3.78. The molecule has 8 heteroatoms. The highest BCUT2D eigenvalue weighted by Crippen LogP contribution is 2.29. The van der Waals surface area contributed by atoms with E-state index < -0.39 is 38.6 Å². The fourth-order valence-corrected chi connectivity index (χ4v) is 4.48. The van der Waals surface area contributed by atoms with Gasteiger partial charge in [0.25, 0.3) is 0 Å². The molecule has 122 valence electrons. The van der Waals surface area contributed by atoms with Crippen molar-refractivity contribution in [2.45, 2.75) is 43.5 Å². The second-order valence-electron chi connectivity index (χ2n) is 5.40. The van der Waals surface area contributed by atoms with Gasteiger partial charge in [-0.2, -0.15) is 4.31 Å². The predicted octanol–water partition coefficient (Wildman–Crippen LogP) is 2.29. The van der Waals surface area contributed by atoms with Crippen LogP contribution in [0.5, 0.6) is 0 Å². The Morgan fingerprint density at radius 3 is 2.64 bits per heavy atom. The van der Waals surface area contributed by atoms with E-state index in [1.807, 2.05) is 0 Å². The van der Waals surface area contributed by atoms with Crippen LogP contribution in [-0.4, -0.2) is 36.4 Å². The summed E-state index contributed by atoms with van der Waals surface area (Å²) in [5.74, 6) is -3.09. The summed E-state index contributed by atoms with van der Waals surface area (Å²) in [6.07, 6.45) is 1.38. The molecule has 1 N–H and O–H groups in total. The van der Waals surface area contributed by atoms with Gasteiger partial charge in [0.15, 0.2) is 0 Å². The summed E-state index contributed by atoms with van der Waals surface area (Å²) in [6, 6.07) is 0.783. The van der Waals surface area contributed by atoms with Crippen LogP contribution in [0, 0.1) is 18.6 Å². The van der Waals surface area contributed by atoms with Crippen LogP contribution in [-0.2, 0) is 14.8 Å². The first kappa shape index (κ1) is 16.8. The van der Waals surface area contributed by atoms with Crippen LogP contribution in [0.1, 0.15) is 31.2 Å². The molecule has 1 aliphatic heterocycles. The van der Waals surface area contributed by atoms with Gasteiger partial charge in [0.05, 0.1) is 6.42 Å². The van der Waals surface area contributed by atoms with Crippen LogP contribution in [0.25, 0.3) is 0 Å². The molecule has 5 nitrogen and oxygen atoms in total. The van der Waals surface area contributed by atoms with Crippen LogP contribution in [0.4, 0.5) is 8.78 Å². The molecule has 1 atom stereocenters. The van der Waals surface area contributed by atoms with Gasteiger partial charge in [0.2, 0.25) is 10.0 Å². The fraction of sp³-hybridized carbons (Fsp3) is 0.500. The summed E-state index contributed by atoms with van der Waals surface area (Å²) in [5, 5.41) is 8.91. The summed E-state index contributed by atoms with van der Waals surface area (Å²) in [6.45, 7) is 1.48. The number of hydrogen-bond acceptors (Lipinski definition) is 3. The van der Waals surface area contributed by atoms with E-state index in [4.69, 9.17) is 5.11 Å². The molecule has 0 radical (unpaired) electrons. The summed E-state index contributed by atoms with van der Waals surface area (Å²) in [7, 11) is -4.20. The number of piperidine rings is 1. The fourth-order valence-electron chi connectivity index (χ4n) is 2.65. The Balaban J connectivity index is 2.43. The van der Waals surface area contributed by atoms with Crippen molar-refractivity contribution in [1.82, 2.24) is 4.31 Å². The number of halogens is 2. The molecule has 1 aromatic rings. The highest BCUT2D eigenvalue weighted by atomic mass is 32.2. The van der Waals surface area contributed by atoms with Gasteiger partial charge in [-0.05, 0) is 31.4 Å². The molecule has 1 saturated heterocycles. The summed E-state index contributed by atoms with van der Waals surface area (Å²) < 4.78 is 53.5. The zero-order valence-corrected chi connectivity index (χ0v) is 12.9. The minimum atomic E-state index is -4.20. The molecule has 2 rings (SSSR count). The van der Waals surface area contributed by atoms with Crippen molar-refractivity contribution in [1.29, 1.82) is 0 Å². The molecule has 1 aliphatic rings. The average molecular weight is 333 g/mol. The Hall–Kier alpha value is -1.54. The normalized spacial score (nSPS) is 20.0. The van der Waals surface area contributed by atoms with Gasteiger partial charge in [-0.15, -0.1) is 0 Å². The van der Waals surface area contributed by atoms with Crippen molar-refractivity contribution in [3.8, 4) is 0 Å². The third kappa shape index (κ3) is 3.27. The largest absolute Gasteiger partial charge is 0.481 e. The number of sulfonamides is 1. The lowest BCUT2D eigenvalue weighted by atomic mass is 10.0. The van der Waals surface area contributed by atoms with Gasteiger partial charge in [0, 0.05) is 18.7 Å². The highest BCUT2D eigenvalue weighted by molar-refractivity contribution is 7.89. The molecule has 0 saturated carbocycles. The monoisotopic (exact) mass is 333 g/mol. The number of aryl methyl sites for hydroxylation is 1. The minimum Gasteiger partial charge on any atom is -0.481 e. The van der Waals surface area contributed by atoms with E-state index in [2.05, 4.69) is 0 Å². The van der Waals surface area contributed by atoms with Crippen LogP contribution in [0.3, 0.4) is 0 Å². The Kier molecular flexibility index (Phi) is 4.81. The first-order valence-corrected chi connectivity index (χ1v) is 8.36. The van der Waals surface area contributed by atoms with Gasteiger partial charge in [-0.1, -0.05) is 6.42 Å². The van der Waals surface area contributed by atoms with Crippen LogP contribution < -0.4 is 0 Å². The van der Waals surface area contributed by atoms with Gasteiger partial charge in [-0.3, -0.25) is 4.79 Å². The molecular formula is C14H17F2NO4S. The average Bonchev–Trinajstić information content (AvgIpc) is 2.42. The van der Waals surface area contributed by atoms with Crippen LogP contribution in [0.15, 0.2) is 17.0 Å². The quantitative estimate of drug-likeness (QED) is 0.917. The molecule has 0 spiro atoms. The van der Waals surface area contributed by atoms with E-state index in [1.54, 1.807) is 0 Å². The second kappa shape index (κ2) is 6.29. The lowest BCUT2D eigenvalue weighted by Crippen LogP contribution is -2.44. The molecule has 1 aromatic carbocycles. The molecule has 22 heavy (non-hydrogen) atoms. The summed E-state index contributed by atoms with van der Waals surface area (Å²) >= 11 is 0. The molecule has 1 fully saturated rings. The Bertz CT molecular complexity index is 690. The van der Waals surface area contributed by atoms with E-state index in [0.29, 0.717) is 18.9 Å². The topological polar surface area (TPSA) is 74.7 Å². The summed E-state index contributed by atoms with van der Waals surface area (Å²) in [5.41, 5.74) is 0.0202. The SMILES string of the molecule is Cc1cc(S(=O)(=O)N2CCCCC2CC(=O)O)c(F)cc1F.